The fourth-order valence-electron chi connectivity index (χ4n) is 0.268. The molecule has 0 saturated heterocycles. The highest BCUT2D eigenvalue weighted by molar-refractivity contribution is 7.81. The van der Waals surface area contributed by atoms with Crippen molar-refractivity contribution in [1.82, 2.24) is 0 Å². The third-order valence-corrected chi connectivity index (χ3v) is 1.34. The maximum atomic E-state index is 9.57. The van der Waals surface area contributed by atoms with Gasteiger partial charge in [-0.25, -0.2) is 0 Å². The van der Waals surface area contributed by atoms with E-state index in [2.05, 4.69) is 17.4 Å². The molecule has 1 atom stereocenters. The SMILES string of the molecule is CCC(S)COC=O. The molecule has 0 saturated carbocycles. The highest BCUT2D eigenvalue weighted by atomic mass is 32.1. The first-order chi connectivity index (χ1) is 3.81. The zero-order chi connectivity index (χ0) is 6.41. The van der Waals surface area contributed by atoms with E-state index in [1.165, 1.54) is 0 Å². The third kappa shape index (κ3) is 3.99. The average molecular weight is 134 g/mol. The molecule has 0 N–H and O–H groups in total. The minimum atomic E-state index is 0.195. The molecule has 0 radical (unpaired) electrons. The summed E-state index contributed by atoms with van der Waals surface area (Å²) in [7, 11) is 0. The third-order valence-electron chi connectivity index (χ3n) is 0.828. The molecule has 0 aliphatic heterocycles. The van der Waals surface area contributed by atoms with Crippen LogP contribution in [0.15, 0.2) is 0 Å². The largest absolute Gasteiger partial charge is 0.467 e. The van der Waals surface area contributed by atoms with Crippen LogP contribution in [0, 0.1) is 0 Å². The molecule has 0 aliphatic rings. The predicted octanol–water partition coefficient (Wildman–Crippen LogP) is 0.868. The van der Waals surface area contributed by atoms with E-state index in [9.17, 15) is 4.79 Å². The molecule has 0 aliphatic carbocycles. The van der Waals surface area contributed by atoms with Crippen molar-refractivity contribution < 1.29 is 9.53 Å². The first-order valence-electron chi connectivity index (χ1n) is 2.54. The van der Waals surface area contributed by atoms with E-state index in [1.807, 2.05) is 6.92 Å². The second-order valence-electron chi connectivity index (χ2n) is 1.49. The zero-order valence-corrected chi connectivity index (χ0v) is 5.73. The van der Waals surface area contributed by atoms with Crippen molar-refractivity contribution >= 4 is 19.1 Å². The van der Waals surface area contributed by atoms with Gasteiger partial charge in [0.25, 0.3) is 6.47 Å². The normalized spacial score (nSPS) is 12.8. The van der Waals surface area contributed by atoms with E-state index < -0.39 is 0 Å². The van der Waals surface area contributed by atoms with Gasteiger partial charge in [-0.1, -0.05) is 6.92 Å². The Balaban J connectivity index is 2.97. The van der Waals surface area contributed by atoms with Crippen LogP contribution < -0.4 is 0 Å². The van der Waals surface area contributed by atoms with Crippen molar-refractivity contribution in [2.45, 2.75) is 18.6 Å². The minimum absolute atomic E-state index is 0.195. The highest BCUT2D eigenvalue weighted by Gasteiger charge is 1.96. The van der Waals surface area contributed by atoms with Gasteiger partial charge < -0.3 is 4.74 Å². The fraction of sp³-hybridized carbons (Fsp3) is 0.800. The molecule has 0 bridgehead atoms. The summed E-state index contributed by atoms with van der Waals surface area (Å²) >= 11 is 4.08. The van der Waals surface area contributed by atoms with Gasteiger partial charge in [0.15, 0.2) is 0 Å². The summed E-state index contributed by atoms with van der Waals surface area (Å²) in [6, 6.07) is 0. The van der Waals surface area contributed by atoms with Gasteiger partial charge in [-0.15, -0.1) is 0 Å². The Morgan fingerprint density at radius 2 is 2.50 bits per heavy atom. The molecule has 2 nitrogen and oxygen atoms in total. The second-order valence-corrected chi connectivity index (χ2v) is 2.22. The second kappa shape index (κ2) is 4.97. The van der Waals surface area contributed by atoms with E-state index >= 15 is 0 Å². The molecule has 0 rings (SSSR count). The molecule has 3 heteroatoms. The average Bonchev–Trinajstić information content (AvgIpc) is 1.83. The van der Waals surface area contributed by atoms with E-state index in [-0.39, 0.29) is 5.25 Å². The van der Waals surface area contributed by atoms with Crippen LogP contribution in [0.3, 0.4) is 0 Å². The van der Waals surface area contributed by atoms with Crippen molar-refractivity contribution in [3.05, 3.63) is 0 Å². The number of thiol groups is 1. The smallest absolute Gasteiger partial charge is 0.293 e. The van der Waals surface area contributed by atoms with Crippen LogP contribution in [0.4, 0.5) is 0 Å². The van der Waals surface area contributed by atoms with Crippen LogP contribution in [0.1, 0.15) is 13.3 Å². The fourth-order valence-corrected chi connectivity index (χ4v) is 0.354. The highest BCUT2D eigenvalue weighted by Crippen LogP contribution is 1.98. The van der Waals surface area contributed by atoms with Crippen molar-refractivity contribution in [2.75, 3.05) is 6.61 Å². The topological polar surface area (TPSA) is 26.3 Å². The number of hydrogen-bond acceptors (Lipinski definition) is 3. The molecule has 0 aromatic rings. The van der Waals surface area contributed by atoms with Crippen molar-refractivity contribution in [1.29, 1.82) is 0 Å². The zero-order valence-electron chi connectivity index (χ0n) is 4.83. The van der Waals surface area contributed by atoms with Crippen LogP contribution in [0.25, 0.3) is 0 Å². The van der Waals surface area contributed by atoms with Crippen LogP contribution in [-0.4, -0.2) is 18.3 Å². The van der Waals surface area contributed by atoms with E-state index in [4.69, 9.17) is 0 Å². The van der Waals surface area contributed by atoms with Gasteiger partial charge in [-0.2, -0.15) is 12.6 Å². The van der Waals surface area contributed by atoms with E-state index in [0.29, 0.717) is 13.1 Å². The molecule has 0 fully saturated rings. The van der Waals surface area contributed by atoms with Crippen molar-refractivity contribution in [3.63, 3.8) is 0 Å². The Hall–Kier alpha value is -0.180. The van der Waals surface area contributed by atoms with Gasteiger partial charge in [-0.05, 0) is 6.42 Å². The molecule has 48 valence electrons. The van der Waals surface area contributed by atoms with Crippen LogP contribution >= 0.6 is 12.6 Å². The number of hydrogen-bond donors (Lipinski definition) is 1. The maximum absolute atomic E-state index is 9.57. The number of carbonyl (C=O) groups is 1. The number of rotatable bonds is 4. The molecule has 0 aromatic carbocycles. The Morgan fingerprint density at radius 3 is 2.88 bits per heavy atom. The van der Waals surface area contributed by atoms with Gasteiger partial charge in [0, 0.05) is 5.25 Å². The number of carbonyl (C=O) groups excluding carboxylic acids is 1. The van der Waals surface area contributed by atoms with Crippen LogP contribution in [-0.2, 0) is 9.53 Å². The van der Waals surface area contributed by atoms with E-state index in [0.717, 1.165) is 6.42 Å². The summed E-state index contributed by atoms with van der Waals surface area (Å²) < 4.78 is 4.43. The van der Waals surface area contributed by atoms with Gasteiger partial charge >= 0.3 is 0 Å². The first-order valence-corrected chi connectivity index (χ1v) is 3.06. The summed E-state index contributed by atoms with van der Waals surface area (Å²) in [5, 5.41) is 0.195. The summed E-state index contributed by atoms with van der Waals surface area (Å²) in [4.78, 5) is 9.57. The monoisotopic (exact) mass is 134 g/mol. The Labute approximate surface area is 54.6 Å². The van der Waals surface area contributed by atoms with Gasteiger partial charge in [0.2, 0.25) is 0 Å². The first kappa shape index (κ1) is 7.82. The molecule has 1 unspecified atom stereocenters. The maximum Gasteiger partial charge on any atom is 0.293 e. The summed E-state index contributed by atoms with van der Waals surface area (Å²) in [5.41, 5.74) is 0. The summed E-state index contributed by atoms with van der Waals surface area (Å²) in [5.74, 6) is 0. The lowest BCUT2D eigenvalue weighted by atomic mass is 10.3. The molecular weight excluding hydrogens is 124 g/mol. The Kier molecular flexibility index (Phi) is 4.85. The Morgan fingerprint density at radius 1 is 1.88 bits per heavy atom. The Bertz CT molecular complexity index is 65.4. The van der Waals surface area contributed by atoms with Gasteiger partial charge in [0.05, 0.1) is 0 Å². The lowest BCUT2D eigenvalue weighted by molar-refractivity contribution is -0.128. The number of ether oxygens (including phenoxy) is 1. The van der Waals surface area contributed by atoms with Crippen LogP contribution in [0.2, 0.25) is 0 Å². The minimum Gasteiger partial charge on any atom is -0.467 e. The van der Waals surface area contributed by atoms with Gasteiger partial charge in [-0.3, -0.25) is 4.79 Å². The summed E-state index contributed by atoms with van der Waals surface area (Å²) in [6.07, 6.45) is 0.928. The predicted molar refractivity (Wildman–Crippen MR) is 35.1 cm³/mol. The molecule has 0 amide bonds. The van der Waals surface area contributed by atoms with Gasteiger partial charge in [0.1, 0.15) is 6.61 Å². The standard InChI is InChI=1S/C5H10O2S/c1-2-5(8)3-7-4-6/h4-5,8H,2-3H2,1H3. The van der Waals surface area contributed by atoms with Crippen LogP contribution in [0.5, 0.6) is 0 Å². The molecular formula is C5H10O2S. The lowest BCUT2D eigenvalue weighted by Gasteiger charge is -2.02. The van der Waals surface area contributed by atoms with Crippen molar-refractivity contribution in [2.24, 2.45) is 0 Å². The van der Waals surface area contributed by atoms with Crippen molar-refractivity contribution in [3.8, 4) is 0 Å². The summed E-state index contributed by atoms with van der Waals surface area (Å²) in [6.45, 7) is 2.85. The molecule has 8 heavy (non-hydrogen) atoms. The quantitative estimate of drug-likeness (QED) is 0.456. The molecule has 0 heterocycles. The molecule has 0 spiro atoms. The molecule has 0 aromatic heterocycles. The lowest BCUT2D eigenvalue weighted by Crippen LogP contribution is -2.06. The van der Waals surface area contributed by atoms with E-state index in [1.54, 1.807) is 0 Å².